The summed E-state index contributed by atoms with van der Waals surface area (Å²) < 4.78 is 27.4. The Balaban J connectivity index is 1.55. The van der Waals surface area contributed by atoms with E-state index in [1.807, 2.05) is 19.1 Å². The van der Waals surface area contributed by atoms with E-state index in [9.17, 15) is 13.2 Å². The lowest BCUT2D eigenvalue weighted by atomic mass is 10.3. The van der Waals surface area contributed by atoms with Gasteiger partial charge in [0, 0.05) is 38.0 Å². The van der Waals surface area contributed by atoms with Crippen LogP contribution in [0.4, 0.5) is 23.1 Å². The van der Waals surface area contributed by atoms with Crippen molar-refractivity contribution < 1.29 is 13.2 Å². The fourth-order valence-corrected chi connectivity index (χ4v) is 3.87. The number of aryl methyl sites for hydroxylation is 2. The number of benzene rings is 1. The number of rotatable bonds is 9. The number of nitrogens with zero attached hydrogens (tertiary/aromatic N) is 3. The molecule has 1 amide bonds. The van der Waals surface area contributed by atoms with Gasteiger partial charge < -0.3 is 16.0 Å². The minimum atomic E-state index is -3.68. The van der Waals surface area contributed by atoms with Crippen molar-refractivity contribution in [2.45, 2.75) is 25.7 Å². The summed E-state index contributed by atoms with van der Waals surface area (Å²) in [6.45, 7) is 5.61. The normalized spacial score (nSPS) is 11.1. The maximum atomic E-state index is 12.4. The van der Waals surface area contributed by atoms with Crippen LogP contribution in [0.15, 0.2) is 53.6 Å². The van der Waals surface area contributed by atoms with Gasteiger partial charge in [-0.15, -0.1) is 0 Å². The van der Waals surface area contributed by atoms with Crippen LogP contribution in [0.3, 0.4) is 0 Å². The summed E-state index contributed by atoms with van der Waals surface area (Å²) in [5.74, 6) is 2.15. The number of nitrogens with one attached hydrogen (secondary N) is 4. The average molecular weight is 456 g/mol. The van der Waals surface area contributed by atoms with Gasteiger partial charge >= 0.3 is 0 Å². The van der Waals surface area contributed by atoms with E-state index in [2.05, 4.69) is 35.6 Å². The molecule has 0 unspecified atom stereocenters. The molecule has 0 saturated heterocycles. The van der Waals surface area contributed by atoms with Crippen molar-refractivity contribution in [3.05, 3.63) is 60.0 Å². The lowest BCUT2D eigenvalue weighted by Crippen LogP contribution is -2.29. The van der Waals surface area contributed by atoms with E-state index in [-0.39, 0.29) is 17.3 Å². The second kappa shape index (κ2) is 10.2. The quantitative estimate of drug-likeness (QED) is 0.361. The Morgan fingerprint density at radius 1 is 0.938 bits per heavy atom. The lowest BCUT2D eigenvalue weighted by molar-refractivity contribution is -0.114. The lowest BCUT2D eigenvalue weighted by Gasteiger charge is -2.11. The first-order valence-corrected chi connectivity index (χ1v) is 11.4. The summed E-state index contributed by atoms with van der Waals surface area (Å²) in [4.78, 5) is 24.1. The summed E-state index contributed by atoms with van der Waals surface area (Å²) in [5, 5.41) is 8.83. The predicted molar refractivity (Wildman–Crippen MR) is 123 cm³/mol. The van der Waals surface area contributed by atoms with Crippen molar-refractivity contribution in [1.29, 1.82) is 0 Å². The van der Waals surface area contributed by atoms with Crippen molar-refractivity contribution in [2.75, 3.05) is 29.0 Å². The molecular weight excluding hydrogens is 430 g/mol. The van der Waals surface area contributed by atoms with Gasteiger partial charge in [0.1, 0.15) is 23.3 Å². The maximum absolute atomic E-state index is 12.4. The summed E-state index contributed by atoms with van der Waals surface area (Å²) in [6.07, 6.45) is 1.71. The van der Waals surface area contributed by atoms with Gasteiger partial charge in [0.15, 0.2) is 0 Å². The van der Waals surface area contributed by atoms with E-state index >= 15 is 0 Å². The molecule has 32 heavy (non-hydrogen) atoms. The van der Waals surface area contributed by atoms with Crippen molar-refractivity contribution >= 4 is 39.1 Å². The van der Waals surface area contributed by atoms with Gasteiger partial charge in [0.2, 0.25) is 15.9 Å². The molecule has 0 radical (unpaired) electrons. The van der Waals surface area contributed by atoms with Crippen LogP contribution in [0.25, 0.3) is 0 Å². The minimum Gasteiger partial charge on any atom is -0.369 e. The molecule has 4 N–H and O–H groups in total. The first kappa shape index (κ1) is 23.1. The molecule has 0 spiro atoms. The largest absolute Gasteiger partial charge is 0.369 e. The summed E-state index contributed by atoms with van der Waals surface area (Å²) in [7, 11) is -3.68. The van der Waals surface area contributed by atoms with Crippen molar-refractivity contribution in [3.63, 3.8) is 0 Å². The highest BCUT2D eigenvalue weighted by molar-refractivity contribution is 7.89. The fourth-order valence-electron chi connectivity index (χ4n) is 2.84. The molecular formula is C21H25N7O3S. The molecule has 3 aromatic rings. The molecule has 2 heterocycles. The monoisotopic (exact) mass is 455 g/mol. The zero-order valence-corrected chi connectivity index (χ0v) is 18.8. The molecule has 0 aliphatic heterocycles. The van der Waals surface area contributed by atoms with Gasteiger partial charge in [-0.2, -0.15) is 0 Å². The molecule has 0 aliphatic rings. The standard InChI is InChI=1S/C21H25N7O3S/c1-14-8-9-22-19(12-14)28-21-13-20(25-15(2)26-21)23-10-11-24-32(30,31)18-6-4-17(5-7-18)27-16(3)29/h4-9,12-13,24H,10-11H2,1-3H3,(H,27,29)(H2,22,23,25,26,28). The van der Waals surface area contributed by atoms with Gasteiger partial charge in [-0.25, -0.2) is 28.1 Å². The Hall–Kier alpha value is -3.57. The van der Waals surface area contributed by atoms with Gasteiger partial charge in [-0.05, 0) is 55.8 Å². The second-order valence-corrected chi connectivity index (χ2v) is 8.83. The van der Waals surface area contributed by atoms with Crippen LogP contribution in [0.2, 0.25) is 0 Å². The Morgan fingerprint density at radius 3 is 2.34 bits per heavy atom. The molecule has 3 rings (SSSR count). The van der Waals surface area contributed by atoms with E-state index in [1.165, 1.54) is 31.2 Å². The number of sulfonamides is 1. The first-order chi connectivity index (χ1) is 15.2. The first-order valence-electron chi connectivity index (χ1n) is 9.88. The van der Waals surface area contributed by atoms with E-state index in [0.29, 0.717) is 35.5 Å². The number of carbonyl (C=O) groups is 1. The number of aromatic nitrogens is 3. The topological polar surface area (TPSA) is 138 Å². The summed E-state index contributed by atoms with van der Waals surface area (Å²) in [6, 6.07) is 11.5. The Kier molecular flexibility index (Phi) is 7.33. The Labute approximate surface area is 187 Å². The SMILES string of the molecule is CC(=O)Nc1ccc(S(=O)(=O)NCCNc2cc(Nc3cc(C)ccn3)nc(C)n2)cc1. The van der Waals surface area contributed by atoms with Crippen LogP contribution in [0, 0.1) is 13.8 Å². The summed E-state index contributed by atoms with van der Waals surface area (Å²) >= 11 is 0. The van der Waals surface area contributed by atoms with E-state index in [1.54, 1.807) is 19.2 Å². The Bertz CT molecular complexity index is 1200. The number of amides is 1. The van der Waals surface area contributed by atoms with Gasteiger partial charge in [0.05, 0.1) is 4.90 Å². The van der Waals surface area contributed by atoms with Crippen molar-refractivity contribution in [3.8, 4) is 0 Å². The van der Waals surface area contributed by atoms with Crippen LogP contribution in [0.5, 0.6) is 0 Å². The molecule has 0 saturated carbocycles. The molecule has 0 atom stereocenters. The third-order valence-electron chi connectivity index (χ3n) is 4.22. The second-order valence-electron chi connectivity index (χ2n) is 7.06. The van der Waals surface area contributed by atoms with E-state index in [4.69, 9.17) is 0 Å². The number of anilines is 4. The number of carbonyl (C=O) groups excluding carboxylic acids is 1. The van der Waals surface area contributed by atoms with Crippen LogP contribution < -0.4 is 20.7 Å². The van der Waals surface area contributed by atoms with E-state index in [0.717, 1.165) is 5.56 Å². The number of hydrogen-bond acceptors (Lipinski definition) is 8. The highest BCUT2D eigenvalue weighted by Gasteiger charge is 2.13. The Morgan fingerprint density at radius 2 is 1.66 bits per heavy atom. The van der Waals surface area contributed by atoms with E-state index < -0.39 is 10.0 Å². The maximum Gasteiger partial charge on any atom is 0.240 e. The highest BCUT2D eigenvalue weighted by atomic mass is 32.2. The third kappa shape index (κ3) is 6.72. The van der Waals surface area contributed by atoms with Crippen LogP contribution in [-0.4, -0.2) is 42.4 Å². The van der Waals surface area contributed by atoms with Crippen molar-refractivity contribution in [1.82, 2.24) is 19.7 Å². The zero-order valence-electron chi connectivity index (χ0n) is 18.0. The molecule has 0 fully saturated rings. The molecule has 11 heteroatoms. The zero-order chi connectivity index (χ0) is 23.1. The molecule has 168 valence electrons. The molecule has 2 aromatic heterocycles. The molecule has 1 aromatic carbocycles. The average Bonchev–Trinajstić information content (AvgIpc) is 2.71. The van der Waals surface area contributed by atoms with Crippen LogP contribution in [0.1, 0.15) is 18.3 Å². The number of pyridine rings is 1. The smallest absolute Gasteiger partial charge is 0.240 e. The predicted octanol–water partition coefficient (Wildman–Crippen LogP) is 2.58. The van der Waals surface area contributed by atoms with Crippen LogP contribution >= 0.6 is 0 Å². The summed E-state index contributed by atoms with van der Waals surface area (Å²) in [5.41, 5.74) is 1.60. The van der Waals surface area contributed by atoms with Gasteiger partial charge in [0.25, 0.3) is 0 Å². The number of hydrogen-bond donors (Lipinski definition) is 4. The minimum absolute atomic E-state index is 0.113. The third-order valence-corrected chi connectivity index (χ3v) is 5.69. The highest BCUT2D eigenvalue weighted by Crippen LogP contribution is 2.17. The van der Waals surface area contributed by atoms with Crippen molar-refractivity contribution in [2.24, 2.45) is 0 Å². The fraction of sp³-hybridized carbons (Fsp3) is 0.238. The molecule has 10 nitrogen and oxygen atoms in total. The van der Waals surface area contributed by atoms with Crippen LogP contribution in [-0.2, 0) is 14.8 Å². The molecule has 0 bridgehead atoms. The van der Waals surface area contributed by atoms with Gasteiger partial charge in [-0.3, -0.25) is 4.79 Å². The molecule has 0 aliphatic carbocycles. The van der Waals surface area contributed by atoms with Gasteiger partial charge in [-0.1, -0.05) is 0 Å².